The number of hydrogen-bond acceptors (Lipinski definition) is 5. The van der Waals surface area contributed by atoms with Crippen molar-refractivity contribution >= 4 is 11.9 Å². The van der Waals surface area contributed by atoms with E-state index in [1.54, 1.807) is 6.08 Å². The van der Waals surface area contributed by atoms with Gasteiger partial charge in [0.15, 0.2) is 12.5 Å². The molecule has 0 aliphatic carbocycles. The Bertz CT molecular complexity index is 598. The Morgan fingerprint density at radius 1 is 1.41 bits per heavy atom. The Hall–Kier alpha value is -2.34. The van der Waals surface area contributed by atoms with Gasteiger partial charge >= 0.3 is 5.97 Å². The van der Waals surface area contributed by atoms with E-state index in [1.165, 1.54) is 12.0 Å². The van der Waals surface area contributed by atoms with Crippen molar-refractivity contribution in [2.45, 2.75) is 25.3 Å². The molecule has 2 atom stereocenters. The first-order valence-corrected chi connectivity index (χ1v) is 7.09. The molecule has 2 aliphatic heterocycles. The van der Waals surface area contributed by atoms with Crippen molar-refractivity contribution in [1.82, 2.24) is 4.90 Å². The van der Waals surface area contributed by atoms with Gasteiger partial charge in [-0.25, -0.2) is 0 Å². The second-order valence-corrected chi connectivity index (χ2v) is 5.12. The van der Waals surface area contributed by atoms with Crippen LogP contribution in [0, 0.1) is 0 Å². The van der Waals surface area contributed by atoms with Crippen LogP contribution in [0.15, 0.2) is 42.2 Å². The average molecular weight is 303 g/mol. The number of nitrogens with zero attached hydrogens (tertiary/aromatic N) is 1. The van der Waals surface area contributed by atoms with E-state index in [0.29, 0.717) is 12.2 Å². The van der Waals surface area contributed by atoms with Crippen molar-refractivity contribution in [2.75, 3.05) is 13.7 Å². The molecule has 1 unspecified atom stereocenters. The van der Waals surface area contributed by atoms with Gasteiger partial charge in [0.05, 0.1) is 12.8 Å². The van der Waals surface area contributed by atoms with Crippen molar-refractivity contribution in [3.05, 3.63) is 47.7 Å². The normalized spacial score (nSPS) is 24.7. The molecule has 0 saturated carbocycles. The van der Waals surface area contributed by atoms with Crippen molar-refractivity contribution in [3.8, 4) is 0 Å². The molecule has 1 amide bonds. The Morgan fingerprint density at radius 2 is 2.18 bits per heavy atom. The van der Waals surface area contributed by atoms with Crippen LogP contribution in [-0.4, -0.2) is 42.9 Å². The molecule has 2 aliphatic rings. The fraction of sp³-hybridized carbons (Fsp3) is 0.375. The number of benzene rings is 1. The minimum Gasteiger partial charge on any atom is -0.470 e. The zero-order valence-corrected chi connectivity index (χ0v) is 12.2. The van der Waals surface area contributed by atoms with Gasteiger partial charge in [-0.3, -0.25) is 14.5 Å². The molecular weight excluding hydrogens is 286 g/mol. The number of hydrogen-bond donors (Lipinski definition) is 0. The quantitative estimate of drug-likeness (QED) is 0.604. The number of amides is 1. The van der Waals surface area contributed by atoms with E-state index in [2.05, 4.69) is 0 Å². The summed E-state index contributed by atoms with van der Waals surface area (Å²) in [5.41, 5.74) is 0.904. The number of carbonyl (C=O) groups is 2. The first-order valence-electron chi connectivity index (χ1n) is 7.09. The molecular formula is C16H17NO5. The van der Waals surface area contributed by atoms with E-state index in [1.807, 2.05) is 30.3 Å². The number of rotatable bonds is 5. The summed E-state index contributed by atoms with van der Waals surface area (Å²) < 4.78 is 16.0. The minimum absolute atomic E-state index is 0.00122. The second kappa shape index (κ2) is 6.19. The van der Waals surface area contributed by atoms with Gasteiger partial charge in [0.2, 0.25) is 5.91 Å². The predicted molar refractivity (Wildman–Crippen MR) is 76.3 cm³/mol. The fourth-order valence-electron chi connectivity index (χ4n) is 2.54. The van der Waals surface area contributed by atoms with Gasteiger partial charge in [-0.1, -0.05) is 30.3 Å². The third-order valence-electron chi connectivity index (χ3n) is 3.66. The predicted octanol–water partition coefficient (Wildman–Crippen LogP) is 1.22. The SMILES string of the molecule is COC1/C(=C/COC(=O)Cc2ccccc2)O[C@@H]2CC(=O)N12. The summed E-state index contributed by atoms with van der Waals surface area (Å²) in [6.07, 6.45) is 1.47. The van der Waals surface area contributed by atoms with Gasteiger partial charge in [0, 0.05) is 7.11 Å². The zero-order chi connectivity index (χ0) is 15.5. The maximum absolute atomic E-state index is 11.7. The lowest BCUT2D eigenvalue weighted by Crippen LogP contribution is -2.53. The maximum atomic E-state index is 11.7. The minimum atomic E-state index is -0.515. The summed E-state index contributed by atoms with van der Waals surface area (Å²) >= 11 is 0. The van der Waals surface area contributed by atoms with Gasteiger partial charge < -0.3 is 14.2 Å². The highest BCUT2D eigenvalue weighted by molar-refractivity contribution is 5.83. The first-order chi connectivity index (χ1) is 10.7. The van der Waals surface area contributed by atoms with E-state index in [-0.39, 0.29) is 31.1 Å². The highest BCUT2D eigenvalue weighted by Gasteiger charge is 2.50. The van der Waals surface area contributed by atoms with Crippen LogP contribution >= 0.6 is 0 Å². The lowest BCUT2D eigenvalue weighted by atomic mass is 10.2. The first kappa shape index (κ1) is 14.6. The fourth-order valence-corrected chi connectivity index (χ4v) is 2.54. The van der Waals surface area contributed by atoms with E-state index in [0.717, 1.165) is 5.56 Å². The molecule has 2 fully saturated rings. The molecule has 2 heterocycles. The maximum Gasteiger partial charge on any atom is 0.310 e. The van der Waals surface area contributed by atoms with E-state index in [4.69, 9.17) is 14.2 Å². The zero-order valence-electron chi connectivity index (χ0n) is 12.2. The molecule has 116 valence electrons. The summed E-state index contributed by atoms with van der Waals surface area (Å²) in [6.45, 7) is 0.0929. The van der Waals surface area contributed by atoms with Gasteiger partial charge in [0.25, 0.3) is 0 Å². The number of fused-ring (bicyclic) bond motifs is 1. The van der Waals surface area contributed by atoms with E-state index < -0.39 is 6.23 Å². The molecule has 3 rings (SSSR count). The number of β-lactam (4-membered cyclic amide) rings is 1. The van der Waals surface area contributed by atoms with E-state index in [9.17, 15) is 9.59 Å². The van der Waals surface area contributed by atoms with Crippen LogP contribution in [0.25, 0.3) is 0 Å². The molecule has 0 N–H and O–H groups in total. The summed E-state index contributed by atoms with van der Waals surface area (Å²) in [5.74, 6) is 0.210. The molecule has 0 bridgehead atoms. The van der Waals surface area contributed by atoms with E-state index >= 15 is 0 Å². The van der Waals surface area contributed by atoms with Crippen LogP contribution in [0.5, 0.6) is 0 Å². The van der Waals surface area contributed by atoms with Gasteiger partial charge in [0.1, 0.15) is 12.4 Å². The highest BCUT2D eigenvalue weighted by Crippen LogP contribution is 2.36. The smallest absolute Gasteiger partial charge is 0.310 e. The standard InChI is InChI=1S/C16H17NO5/c1-20-16-12(22-14-10-13(18)17(14)16)7-8-21-15(19)9-11-5-3-2-4-6-11/h2-7,14,16H,8-10H2,1H3/b12-7-/t14-,16?/m1/s1. The van der Waals surface area contributed by atoms with Crippen LogP contribution in [0.4, 0.5) is 0 Å². The van der Waals surface area contributed by atoms with Crippen LogP contribution in [-0.2, 0) is 30.2 Å². The van der Waals surface area contributed by atoms with Gasteiger partial charge in [-0.2, -0.15) is 0 Å². The second-order valence-electron chi connectivity index (χ2n) is 5.12. The summed E-state index contributed by atoms with van der Waals surface area (Å²) in [7, 11) is 1.51. The van der Waals surface area contributed by atoms with Crippen LogP contribution in [0.2, 0.25) is 0 Å². The van der Waals surface area contributed by atoms with Crippen LogP contribution in [0.3, 0.4) is 0 Å². The molecule has 6 heteroatoms. The summed E-state index contributed by atoms with van der Waals surface area (Å²) in [4.78, 5) is 24.7. The Kier molecular flexibility index (Phi) is 4.11. The van der Waals surface area contributed by atoms with Crippen LogP contribution < -0.4 is 0 Å². The van der Waals surface area contributed by atoms with Crippen molar-refractivity contribution < 1.29 is 23.8 Å². The van der Waals surface area contributed by atoms with Gasteiger partial charge in [-0.15, -0.1) is 0 Å². The Morgan fingerprint density at radius 3 is 2.86 bits per heavy atom. The topological polar surface area (TPSA) is 65.1 Å². The Labute approximate surface area is 128 Å². The highest BCUT2D eigenvalue weighted by atomic mass is 16.6. The molecule has 2 saturated heterocycles. The third-order valence-corrected chi connectivity index (χ3v) is 3.66. The summed E-state index contributed by atoms with van der Waals surface area (Å²) in [6, 6.07) is 9.39. The lowest BCUT2D eigenvalue weighted by molar-refractivity contribution is -0.165. The number of esters is 1. The van der Waals surface area contributed by atoms with Gasteiger partial charge in [-0.05, 0) is 11.6 Å². The monoisotopic (exact) mass is 303 g/mol. The number of carbonyl (C=O) groups excluding carboxylic acids is 2. The lowest BCUT2D eigenvalue weighted by Gasteiger charge is -2.33. The molecule has 0 radical (unpaired) electrons. The van der Waals surface area contributed by atoms with Crippen molar-refractivity contribution in [1.29, 1.82) is 0 Å². The summed E-state index contributed by atoms with van der Waals surface area (Å²) in [5, 5.41) is 0. The molecule has 6 nitrogen and oxygen atoms in total. The third kappa shape index (κ3) is 2.82. The molecule has 0 aromatic heterocycles. The number of methoxy groups -OCH3 is 1. The van der Waals surface area contributed by atoms with Crippen molar-refractivity contribution in [3.63, 3.8) is 0 Å². The van der Waals surface area contributed by atoms with Crippen LogP contribution in [0.1, 0.15) is 12.0 Å². The molecule has 1 aromatic carbocycles. The molecule has 22 heavy (non-hydrogen) atoms. The average Bonchev–Trinajstić information content (AvgIpc) is 2.80. The molecule has 1 aromatic rings. The molecule has 0 spiro atoms. The Balaban J connectivity index is 1.51. The van der Waals surface area contributed by atoms with Crippen molar-refractivity contribution in [2.24, 2.45) is 0 Å². The largest absolute Gasteiger partial charge is 0.470 e. The number of ether oxygens (including phenoxy) is 3.